The van der Waals surface area contributed by atoms with Crippen LogP contribution in [0.5, 0.6) is 11.5 Å². The maximum Gasteiger partial charge on any atom is 0.332 e. The number of hydrogen-bond donors (Lipinski definition) is 2. The zero-order valence-corrected chi connectivity index (χ0v) is 25.3. The van der Waals surface area contributed by atoms with Crippen LogP contribution >= 0.6 is 39.1 Å². The quantitative estimate of drug-likeness (QED) is 0.270. The molecular weight excluding hydrogens is 646 g/mol. The molecule has 1 saturated heterocycles. The summed E-state index contributed by atoms with van der Waals surface area (Å²) in [6, 6.07) is 13.9. The molecule has 3 aromatic carbocycles. The number of benzene rings is 3. The molecule has 1 aliphatic carbocycles. The Bertz CT molecular complexity index is 1690. The summed E-state index contributed by atoms with van der Waals surface area (Å²) in [6.45, 7) is 2.00. The van der Waals surface area contributed by atoms with E-state index in [1.54, 1.807) is 24.3 Å². The standard InChI is InChI=1S/C32H24BrCl2FN2O4/c1-16-21(3-2-4-25(16)35)24-15-28(39)38-29(32(24)23-11-8-19(34)14-26(23)37-31(32)41)22-13-18(33)7-12-27(22)42-20-9-5-17(6-10-20)30(36)40/h2-14,16,21,24,29H,15H2,1H3,(H,37,41)(H,38,39)/t16?,21?,24?,29-,32+/m1/s1. The molecule has 3 aromatic rings. The molecule has 6 rings (SSSR count). The van der Waals surface area contributed by atoms with Gasteiger partial charge >= 0.3 is 6.04 Å². The molecule has 2 aliphatic heterocycles. The first kappa shape index (κ1) is 28.6. The normalized spacial score (nSPS) is 26.4. The molecule has 3 unspecified atom stereocenters. The largest absolute Gasteiger partial charge is 0.457 e. The smallest absolute Gasteiger partial charge is 0.332 e. The van der Waals surface area contributed by atoms with Gasteiger partial charge in [0.25, 0.3) is 0 Å². The van der Waals surface area contributed by atoms with E-state index in [1.807, 2.05) is 37.3 Å². The van der Waals surface area contributed by atoms with Crippen LogP contribution in [0.3, 0.4) is 0 Å². The molecule has 0 bridgehead atoms. The van der Waals surface area contributed by atoms with Gasteiger partial charge in [0.2, 0.25) is 11.8 Å². The van der Waals surface area contributed by atoms with E-state index in [-0.39, 0.29) is 35.6 Å². The second-order valence-electron chi connectivity index (χ2n) is 10.7. The minimum atomic E-state index is -1.55. The van der Waals surface area contributed by atoms with E-state index < -0.39 is 23.4 Å². The average Bonchev–Trinajstić information content (AvgIpc) is 3.23. The molecule has 2 N–H and O–H groups in total. The van der Waals surface area contributed by atoms with Crippen molar-refractivity contribution < 1.29 is 23.5 Å². The van der Waals surface area contributed by atoms with Crippen molar-refractivity contribution in [3.63, 3.8) is 0 Å². The van der Waals surface area contributed by atoms with Crippen LogP contribution in [0.4, 0.5) is 10.1 Å². The van der Waals surface area contributed by atoms with Crippen molar-refractivity contribution in [2.75, 3.05) is 5.32 Å². The maximum absolute atomic E-state index is 14.4. The van der Waals surface area contributed by atoms with Crippen molar-refractivity contribution in [1.82, 2.24) is 5.32 Å². The van der Waals surface area contributed by atoms with E-state index >= 15 is 0 Å². The maximum atomic E-state index is 14.4. The Balaban J connectivity index is 1.55. The Kier molecular flexibility index (Phi) is 7.50. The number of carbonyl (C=O) groups is 3. The third-order valence-corrected chi connectivity index (χ3v) is 9.66. The van der Waals surface area contributed by atoms with Crippen LogP contribution in [0, 0.1) is 17.8 Å². The number of allylic oxidation sites excluding steroid dienone is 4. The third kappa shape index (κ3) is 4.75. The average molecular weight is 670 g/mol. The van der Waals surface area contributed by atoms with E-state index in [0.29, 0.717) is 37.3 Å². The molecule has 2 heterocycles. The molecule has 5 atom stereocenters. The van der Waals surface area contributed by atoms with E-state index in [4.69, 9.17) is 27.9 Å². The van der Waals surface area contributed by atoms with Gasteiger partial charge in [-0.2, -0.15) is 4.39 Å². The first-order chi connectivity index (χ1) is 20.1. The van der Waals surface area contributed by atoms with Gasteiger partial charge in [-0.05, 0) is 84.0 Å². The number of ether oxygens (including phenoxy) is 1. The molecule has 2 amide bonds. The number of carbonyl (C=O) groups excluding carboxylic acids is 3. The van der Waals surface area contributed by atoms with Crippen LogP contribution < -0.4 is 15.4 Å². The highest BCUT2D eigenvalue weighted by atomic mass is 79.9. The number of halogens is 4. The van der Waals surface area contributed by atoms with Gasteiger partial charge in [0.1, 0.15) is 16.9 Å². The second-order valence-corrected chi connectivity index (χ2v) is 12.5. The van der Waals surface area contributed by atoms with Crippen molar-refractivity contribution in [3.8, 4) is 11.5 Å². The highest BCUT2D eigenvalue weighted by molar-refractivity contribution is 9.10. The third-order valence-electron chi connectivity index (χ3n) is 8.46. The molecular formula is C32H24BrCl2FN2O4. The predicted octanol–water partition coefficient (Wildman–Crippen LogP) is 8.02. The summed E-state index contributed by atoms with van der Waals surface area (Å²) >= 11 is 16.5. The number of fused-ring (bicyclic) bond motifs is 2. The van der Waals surface area contributed by atoms with Crippen LogP contribution in [0.15, 0.2) is 88.4 Å². The van der Waals surface area contributed by atoms with Gasteiger partial charge in [0.05, 0.1) is 11.6 Å². The molecule has 10 heteroatoms. The van der Waals surface area contributed by atoms with Crippen molar-refractivity contribution in [2.24, 2.45) is 17.8 Å². The number of amides is 2. The minimum Gasteiger partial charge on any atom is -0.457 e. The van der Waals surface area contributed by atoms with Crippen molar-refractivity contribution >= 4 is 62.7 Å². The summed E-state index contributed by atoms with van der Waals surface area (Å²) in [4.78, 5) is 39.0. The number of hydrogen-bond acceptors (Lipinski definition) is 4. The highest BCUT2D eigenvalue weighted by Gasteiger charge is 2.63. The van der Waals surface area contributed by atoms with Gasteiger partial charge in [0, 0.05) is 32.2 Å². The fourth-order valence-corrected chi connectivity index (χ4v) is 7.30. The summed E-state index contributed by atoms with van der Waals surface area (Å²) in [5, 5.41) is 7.29. The summed E-state index contributed by atoms with van der Waals surface area (Å²) in [7, 11) is 0. The van der Waals surface area contributed by atoms with E-state index in [2.05, 4.69) is 26.6 Å². The van der Waals surface area contributed by atoms with Gasteiger partial charge < -0.3 is 15.4 Å². The molecule has 0 saturated carbocycles. The lowest BCUT2D eigenvalue weighted by Crippen LogP contribution is -2.60. The number of rotatable bonds is 5. The highest BCUT2D eigenvalue weighted by Crippen LogP contribution is 2.59. The zero-order chi connectivity index (χ0) is 29.8. The van der Waals surface area contributed by atoms with Crippen LogP contribution in [0.25, 0.3) is 0 Å². The molecule has 6 nitrogen and oxygen atoms in total. The van der Waals surface area contributed by atoms with Gasteiger partial charge in [-0.1, -0.05) is 64.3 Å². The van der Waals surface area contributed by atoms with Crippen molar-refractivity contribution in [2.45, 2.75) is 24.8 Å². The van der Waals surface area contributed by atoms with E-state index in [1.165, 1.54) is 24.3 Å². The number of anilines is 1. The Morgan fingerprint density at radius 3 is 2.57 bits per heavy atom. The van der Waals surface area contributed by atoms with Gasteiger partial charge in [-0.15, -0.1) is 0 Å². The predicted molar refractivity (Wildman–Crippen MR) is 163 cm³/mol. The van der Waals surface area contributed by atoms with Gasteiger partial charge in [0.15, 0.2) is 0 Å². The summed E-state index contributed by atoms with van der Waals surface area (Å²) in [5.41, 5.74) is 0.501. The lowest BCUT2D eigenvalue weighted by Gasteiger charge is -2.50. The molecule has 1 spiro atoms. The fourth-order valence-electron chi connectivity index (χ4n) is 6.53. The Morgan fingerprint density at radius 2 is 1.83 bits per heavy atom. The van der Waals surface area contributed by atoms with Crippen LogP contribution in [-0.4, -0.2) is 17.9 Å². The second kappa shape index (κ2) is 11.0. The monoisotopic (exact) mass is 668 g/mol. The molecule has 214 valence electrons. The van der Waals surface area contributed by atoms with Crippen LogP contribution in [0.1, 0.15) is 40.9 Å². The Hall–Kier alpha value is -3.46. The number of nitrogens with one attached hydrogen (secondary N) is 2. The van der Waals surface area contributed by atoms with E-state index in [9.17, 15) is 18.8 Å². The van der Waals surface area contributed by atoms with E-state index in [0.717, 1.165) is 5.56 Å². The SMILES string of the molecule is CC1C(Cl)=CC=CC1C1CC(=O)N[C@H](c2cc(Br)ccc2Oc2ccc(C(=O)F)cc2)[C@@]12C(=O)Nc1cc(Cl)ccc12. The Labute approximate surface area is 260 Å². The summed E-state index contributed by atoms with van der Waals surface area (Å²) < 4.78 is 20.1. The summed E-state index contributed by atoms with van der Waals surface area (Å²) in [6.07, 6.45) is 5.82. The zero-order valence-electron chi connectivity index (χ0n) is 22.2. The summed E-state index contributed by atoms with van der Waals surface area (Å²) in [5.74, 6) is -0.598. The fraction of sp³-hybridized carbons (Fsp3) is 0.219. The van der Waals surface area contributed by atoms with Gasteiger partial charge in [-0.25, -0.2) is 0 Å². The van der Waals surface area contributed by atoms with Crippen molar-refractivity contribution in [3.05, 3.63) is 110 Å². The first-order valence-electron chi connectivity index (χ1n) is 13.3. The lowest BCUT2D eigenvalue weighted by atomic mass is 9.55. The van der Waals surface area contributed by atoms with Crippen molar-refractivity contribution in [1.29, 1.82) is 0 Å². The minimum absolute atomic E-state index is 0.0957. The Morgan fingerprint density at radius 1 is 1.07 bits per heavy atom. The first-order valence-corrected chi connectivity index (χ1v) is 14.9. The molecule has 0 radical (unpaired) electrons. The molecule has 42 heavy (non-hydrogen) atoms. The molecule has 1 fully saturated rings. The van der Waals surface area contributed by atoms with Crippen LogP contribution in [-0.2, 0) is 15.0 Å². The van der Waals surface area contributed by atoms with Gasteiger partial charge in [-0.3, -0.25) is 14.4 Å². The topological polar surface area (TPSA) is 84.5 Å². The number of piperidine rings is 1. The molecule has 3 aliphatic rings. The van der Waals surface area contributed by atoms with Crippen LogP contribution in [0.2, 0.25) is 5.02 Å². The lowest BCUT2D eigenvalue weighted by molar-refractivity contribution is -0.135. The molecule has 0 aromatic heterocycles.